The molecule has 0 aliphatic carbocycles. The van der Waals surface area contributed by atoms with Crippen LogP contribution in [0.3, 0.4) is 0 Å². The van der Waals surface area contributed by atoms with Crippen LogP contribution in [0, 0.1) is 10.1 Å². The molecule has 3 aromatic rings. The number of rotatable bonds is 10. The van der Waals surface area contributed by atoms with Gasteiger partial charge in [0.15, 0.2) is 22.9 Å². The van der Waals surface area contributed by atoms with Crippen molar-refractivity contribution in [3.8, 4) is 17.2 Å². The molecule has 0 saturated carbocycles. The molecule has 12 heteroatoms. The van der Waals surface area contributed by atoms with Crippen LogP contribution in [0.15, 0.2) is 80.3 Å². The molecule has 41 heavy (non-hydrogen) atoms. The number of esters is 2. The molecule has 10 nitrogen and oxygen atoms in total. The van der Waals surface area contributed by atoms with Crippen LogP contribution in [0.4, 0.5) is 5.69 Å². The zero-order valence-corrected chi connectivity index (χ0v) is 24.9. The molecule has 0 radical (unpaired) electrons. The molecule has 0 amide bonds. The molecule has 0 spiro atoms. The van der Waals surface area contributed by atoms with E-state index in [1.807, 2.05) is 13.8 Å². The van der Waals surface area contributed by atoms with Crippen molar-refractivity contribution < 1.29 is 33.5 Å². The Kier molecular flexibility index (Phi) is 9.69. The van der Waals surface area contributed by atoms with Crippen molar-refractivity contribution in [2.24, 2.45) is 4.99 Å². The summed E-state index contributed by atoms with van der Waals surface area (Å²) in [5.74, 6) is -0.167. The minimum Gasteiger partial charge on any atom is -0.490 e. The number of non-ortho nitro benzene ring substituents is 1. The summed E-state index contributed by atoms with van der Waals surface area (Å²) in [6.07, 6.45) is 3.99. The third kappa shape index (κ3) is 7.47. The van der Waals surface area contributed by atoms with Gasteiger partial charge in [0, 0.05) is 33.8 Å². The highest BCUT2D eigenvalue weighted by atomic mass is 79.9. The largest absolute Gasteiger partial charge is 0.490 e. The number of carbonyl (C=O) groups is 2. The molecule has 4 rings (SSSR count). The van der Waals surface area contributed by atoms with Crippen molar-refractivity contribution in [3.63, 3.8) is 0 Å². The standard InChI is InChI=1S/C29H22Br2N2O8/c1-3-38-24-10-9-18(15-25(24)39-4-2)28-32-23(29(35)41-28)14-19-13-20(30)16-22(31)27(19)40-26(34)11-8-17-6-5-7-21(12-17)33(36)37/h5-16H,3-4H2,1-2H3/b11-8+,23-14-. The van der Waals surface area contributed by atoms with E-state index in [2.05, 4.69) is 36.9 Å². The fourth-order valence-electron chi connectivity index (χ4n) is 3.70. The fourth-order valence-corrected chi connectivity index (χ4v) is 5.04. The number of hydrogen-bond donors (Lipinski definition) is 0. The van der Waals surface area contributed by atoms with Crippen LogP contribution in [0.5, 0.6) is 17.2 Å². The zero-order chi connectivity index (χ0) is 29.5. The summed E-state index contributed by atoms with van der Waals surface area (Å²) in [7, 11) is 0. The van der Waals surface area contributed by atoms with Crippen LogP contribution in [0.2, 0.25) is 0 Å². The Bertz CT molecular complexity index is 1610. The van der Waals surface area contributed by atoms with Crippen molar-refractivity contribution in [1.29, 1.82) is 0 Å². The van der Waals surface area contributed by atoms with E-state index in [9.17, 15) is 19.7 Å². The highest BCUT2D eigenvalue weighted by Gasteiger charge is 2.26. The van der Waals surface area contributed by atoms with Crippen LogP contribution in [-0.2, 0) is 14.3 Å². The van der Waals surface area contributed by atoms with Gasteiger partial charge in [0.1, 0.15) is 0 Å². The fraction of sp³-hybridized carbons (Fsp3) is 0.138. The van der Waals surface area contributed by atoms with E-state index in [0.717, 1.165) is 6.08 Å². The van der Waals surface area contributed by atoms with Crippen LogP contribution >= 0.6 is 31.9 Å². The maximum atomic E-state index is 12.7. The first kappa shape index (κ1) is 29.7. The SMILES string of the molecule is CCOc1ccc(C2=N/C(=C\c3cc(Br)cc(Br)c3OC(=O)/C=C/c3cccc([N+](=O)[O-])c3)C(=O)O2)cc1OCC. The summed E-state index contributed by atoms with van der Waals surface area (Å²) >= 11 is 6.79. The summed E-state index contributed by atoms with van der Waals surface area (Å²) in [4.78, 5) is 40.2. The number of ether oxygens (including phenoxy) is 4. The molecule has 1 aliphatic heterocycles. The molecule has 0 atom stereocenters. The molecule has 0 unspecified atom stereocenters. The van der Waals surface area contributed by atoms with Crippen LogP contribution in [-0.4, -0.2) is 36.0 Å². The monoisotopic (exact) mass is 684 g/mol. The molecule has 0 N–H and O–H groups in total. The summed E-state index contributed by atoms with van der Waals surface area (Å²) in [6, 6.07) is 14.2. The minimum absolute atomic E-state index is 0.0127. The van der Waals surface area contributed by atoms with Gasteiger partial charge in [-0.2, -0.15) is 0 Å². The first-order chi connectivity index (χ1) is 19.7. The number of nitro benzene ring substituents is 1. The molecule has 210 valence electrons. The molecule has 0 aromatic heterocycles. The lowest BCUT2D eigenvalue weighted by atomic mass is 10.1. The van der Waals surface area contributed by atoms with E-state index in [4.69, 9.17) is 18.9 Å². The number of cyclic esters (lactones) is 1. The lowest BCUT2D eigenvalue weighted by Gasteiger charge is -2.11. The number of hydrogen-bond acceptors (Lipinski definition) is 9. The number of nitro groups is 1. The topological polar surface area (TPSA) is 127 Å². The average molecular weight is 686 g/mol. The Labute approximate surface area is 251 Å². The van der Waals surface area contributed by atoms with Gasteiger partial charge in [-0.3, -0.25) is 10.1 Å². The lowest BCUT2D eigenvalue weighted by Crippen LogP contribution is -2.07. The van der Waals surface area contributed by atoms with Crippen molar-refractivity contribution in [3.05, 3.63) is 102 Å². The molecular formula is C29H22Br2N2O8. The van der Waals surface area contributed by atoms with Crippen molar-refractivity contribution in [2.45, 2.75) is 13.8 Å². The Morgan fingerprint density at radius 3 is 2.54 bits per heavy atom. The van der Waals surface area contributed by atoms with Crippen molar-refractivity contribution in [1.82, 2.24) is 0 Å². The number of aliphatic imine (C=N–C) groups is 1. The number of carbonyl (C=O) groups excluding carboxylic acids is 2. The third-order valence-electron chi connectivity index (χ3n) is 5.44. The predicted molar refractivity (Wildman–Crippen MR) is 159 cm³/mol. The highest BCUT2D eigenvalue weighted by Crippen LogP contribution is 2.36. The van der Waals surface area contributed by atoms with E-state index in [1.165, 1.54) is 30.4 Å². The van der Waals surface area contributed by atoms with Crippen molar-refractivity contribution >= 4 is 67.5 Å². The molecule has 0 bridgehead atoms. The minimum atomic E-state index is -0.741. The number of halogens is 2. The first-order valence-corrected chi connectivity index (χ1v) is 13.8. The summed E-state index contributed by atoms with van der Waals surface area (Å²) in [6.45, 7) is 4.59. The van der Waals surface area contributed by atoms with E-state index >= 15 is 0 Å². The lowest BCUT2D eigenvalue weighted by molar-refractivity contribution is -0.384. The summed E-state index contributed by atoms with van der Waals surface area (Å²) in [5.41, 5.74) is 1.21. The molecule has 3 aromatic carbocycles. The Morgan fingerprint density at radius 1 is 1.05 bits per heavy atom. The first-order valence-electron chi connectivity index (χ1n) is 12.2. The highest BCUT2D eigenvalue weighted by molar-refractivity contribution is 9.11. The van der Waals surface area contributed by atoms with Gasteiger partial charge < -0.3 is 18.9 Å². The zero-order valence-electron chi connectivity index (χ0n) is 21.8. The van der Waals surface area contributed by atoms with E-state index in [-0.39, 0.29) is 23.0 Å². The molecular weight excluding hydrogens is 664 g/mol. The second kappa shape index (κ2) is 13.4. The third-order valence-corrected chi connectivity index (χ3v) is 6.48. The second-order valence-corrected chi connectivity index (χ2v) is 10.0. The maximum absolute atomic E-state index is 12.7. The quantitative estimate of drug-likeness (QED) is 0.0743. The Hall–Kier alpha value is -4.29. The molecule has 0 saturated heterocycles. The van der Waals surface area contributed by atoms with Gasteiger partial charge in [0.25, 0.3) is 5.69 Å². The second-order valence-electron chi connectivity index (χ2n) is 8.28. The molecule has 1 heterocycles. The van der Waals surface area contributed by atoms with Gasteiger partial charge in [-0.1, -0.05) is 28.1 Å². The van der Waals surface area contributed by atoms with Gasteiger partial charge in [0.05, 0.1) is 22.6 Å². The number of benzene rings is 3. The number of nitrogens with zero attached hydrogens (tertiary/aromatic N) is 2. The Balaban J connectivity index is 1.62. The van der Waals surface area contributed by atoms with Crippen LogP contribution < -0.4 is 14.2 Å². The van der Waals surface area contributed by atoms with Crippen LogP contribution in [0.1, 0.15) is 30.5 Å². The van der Waals surface area contributed by atoms with Gasteiger partial charge in [0.2, 0.25) is 5.90 Å². The van der Waals surface area contributed by atoms with E-state index in [0.29, 0.717) is 50.3 Å². The maximum Gasteiger partial charge on any atom is 0.363 e. The van der Waals surface area contributed by atoms with Crippen molar-refractivity contribution in [2.75, 3.05) is 13.2 Å². The summed E-state index contributed by atoms with van der Waals surface area (Å²) < 4.78 is 23.3. The van der Waals surface area contributed by atoms with E-state index < -0.39 is 16.9 Å². The van der Waals surface area contributed by atoms with Gasteiger partial charge in [-0.15, -0.1) is 0 Å². The smallest absolute Gasteiger partial charge is 0.363 e. The van der Waals surface area contributed by atoms with E-state index in [1.54, 1.807) is 36.4 Å². The molecule has 0 fully saturated rings. The predicted octanol–water partition coefficient (Wildman–Crippen LogP) is 6.88. The molecule has 1 aliphatic rings. The van der Waals surface area contributed by atoms with Gasteiger partial charge >= 0.3 is 11.9 Å². The average Bonchev–Trinajstić information content (AvgIpc) is 3.30. The van der Waals surface area contributed by atoms with Crippen LogP contribution in [0.25, 0.3) is 12.2 Å². The summed E-state index contributed by atoms with van der Waals surface area (Å²) in [5, 5.41) is 11.0. The normalized spacial score (nSPS) is 13.7. The van der Waals surface area contributed by atoms with Gasteiger partial charge in [-0.05, 0) is 77.8 Å². The van der Waals surface area contributed by atoms with Gasteiger partial charge in [-0.25, -0.2) is 14.6 Å². The Morgan fingerprint density at radius 2 is 1.80 bits per heavy atom.